The van der Waals surface area contributed by atoms with Gasteiger partial charge in [-0.15, -0.1) is 0 Å². The van der Waals surface area contributed by atoms with E-state index in [0.29, 0.717) is 0 Å². The molecule has 0 bridgehead atoms. The number of rotatable bonds is 19. The van der Waals surface area contributed by atoms with E-state index in [-0.39, 0.29) is 0 Å². The Kier molecular flexibility index (Phi) is 22.6. The van der Waals surface area contributed by atoms with Crippen LogP contribution >= 0.6 is 0 Å². The van der Waals surface area contributed by atoms with Crippen molar-refractivity contribution in [2.24, 2.45) is 0 Å². The van der Waals surface area contributed by atoms with Crippen LogP contribution in [0.5, 0.6) is 0 Å². The summed E-state index contributed by atoms with van der Waals surface area (Å²) >= 11 is 0. The molecule has 0 aromatic heterocycles. The monoisotopic (exact) mass is 1150 g/mol. The van der Waals surface area contributed by atoms with Crippen molar-refractivity contribution in [3.05, 3.63) is 0 Å². The number of hydrogen-bond donors (Lipinski definition) is 23. The van der Waals surface area contributed by atoms with Gasteiger partial charge < -0.3 is 179 Å². The first-order valence-electron chi connectivity index (χ1n) is 24.6. The quantitative estimate of drug-likeness (QED) is 0.0571. The van der Waals surface area contributed by atoms with Gasteiger partial charge in [0, 0.05) is 0 Å². The average molecular weight is 1150 g/mol. The molecule has 7 aliphatic rings. The van der Waals surface area contributed by atoms with E-state index in [2.05, 4.69) is 0 Å². The van der Waals surface area contributed by atoms with Crippen LogP contribution in [0, 0.1) is 0 Å². The molecule has 1 unspecified atom stereocenters. The van der Waals surface area contributed by atoms with Gasteiger partial charge in [0.1, 0.15) is 171 Å². The van der Waals surface area contributed by atoms with Crippen LogP contribution in [0.15, 0.2) is 0 Å². The summed E-state index contributed by atoms with van der Waals surface area (Å²) in [4.78, 5) is 0. The predicted molar refractivity (Wildman–Crippen MR) is 232 cm³/mol. The largest absolute Gasteiger partial charge is 0.394 e. The van der Waals surface area contributed by atoms with Gasteiger partial charge in [0.05, 0.1) is 46.2 Å². The average Bonchev–Trinajstić information content (AvgIpc) is 3.44. The molecule has 23 N–H and O–H groups in total. The number of aliphatic hydroxyl groups excluding tert-OH is 23. The zero-order valence-corrected chi connectivity index (χ0v) is 40.8. The van der Waals surface area contributed by atoms with E-state index in [1.165, 1.54) is 0 Å². The van der Waals surface area contributed by atoms with E-state index < -0.39 is 261 Å². The van der Waals surface area contributed by atoms with Crippen molar-refractivity contribution in [1.29, 1.82) is 0 Å². The molecule has 78 heavy (non-hydrogen) atoms. The van der Waals surface area contributed by atoms with Gasteiger partial charge in [0.2, 0.25) is 0 Å². The Labute approximate surface area is 439 Å². The Morgan fingerprint density at radius 2 is 0.359 bits per heavy atom. The van der Waals surface area contributed by atoms with E-state index in [4.69, 9.17) is 61.6 Å². The molecule has 0 aromatic rings. The molecule has 7 heterocycles. The highest BCUT2D eigenvalue weighted by atomic mass is 16.8. The first-order valence-corrected chi connectivity index (χ1v) is 24.6. The fraction of sp³-hybridized carbons (Fsp3) is 1.00. The maximum absolute atomic E-state index is 10.8. The first kappa shape index (κ1) is 64.1. The lowest BCUT2D eigenvalue weighted by Gasteiger charge is -2.45. The molecule has 0 saturated carbocycles. The van der Waals surface area contributed by atoms with Crippen molar-refractivity contribution in [2.45, 2.75) is 215 Å². The third-order valence-electron chi connectivity index (χ3n) is 14.4. The highest BCUT2D eigenvalue weighted by molar-refractivity contribution is 4.97. The van der Waals surface area contributed by atoms with Crippen LogP contribution in [0.4, 0.5) is 0 Å². The lowest BCUT2D eigenvalue weighted by molar-refractivity contribution is -0.353. The van der Waals surface area contributed by atoms with Crippen LogP contribution in [0.3, 0.4) is 0 Å². The van der Waals surface area contributed by atoms with Crippen LogP contribution in [0.25, 0.3) is 0 Å². The maximum atomic E-state index is 10.8. The van der Waals surface area contributed by atoms with Gasteiger partial charge in [-0.1, -0.05) is 0 Å². The van der Waals surface area contributed by atoms with Crippen molar-refractivity contribution in [3.63, 3.8) is 0 Å². The minimum atomic E-state index is -2.05. The second-order valence-corrected chi connectivity index (χ2v) is 19.8. The highest BCUT2D eigenvalue weighted by Gasteiger charge is 2.53. The van der Waals surface area contributed by atoms with E-state index >= 15 is 0 Å². The summed E-state index contributed by atoms with van der Waals surface area (Å²) in [5, 5.41) is 240. The highest BCUT2D eigenvalue weighted by Crippen LogP contribution is 2.32. The van der Waals surface area contributed by atoms with Gasteiger partial charge in [-0.2, -0.15) is 0 Å². The molecule has 7 rings (SSSR count). The third-order valence-corrected chi connectivity index (χ3v) is 14.4. The van der Waals surface area contributed by atoms with Crippen LogP contribution in [-0.2, 0) is 61.6 Å². The van der Waals surface area contributed by atoms with Crippen molar-refractivity contribution in [1.82, 2.24) is 0 Å². The number of hydrogen-bond acceptors (Lipinski definition) is 36. The summed E-state index contributed by atoms with van der Waals surface area (Å²) in [6, 6.07) is 0. The zero-order chi connectivity index (χ0) is 57.3. The standard InChI is InChI=1S/C42H72O36/c43-1-8-15(44)23(52)30(59)37(73-8)67-3-10-17(46)25(54)32(61)39(75-10)69-5-12-19(48)27(56)34(63)41(77-12)71-7-14-21(50)28(57)35(64)42(78-14)70-6-13-20(49)26(55)33(62)40(76-13)68-4-11-18(47)24(53)31(60)38(74-11)66-2-9-16(45)22(51)29(58)36(65)72-9/h8-65H,1-7H2/t8-,9-,10-,11-,12-,13-,14-,15-,16-,17-,18-,19-,20-,21-,22+,23+,24+,25+,26+,27+,28+,29-,30-,31-,32-,33-,34-,35-,36?,37+,38+,39+,40+,41+,42+/m1/s1. The second-order valence-electron chi connectivity index (χ2n) is 19.8. The fourth-order valence-corrected chi connectivity index (χ4v) is 9.37. The van der Waals surface area contributed by atoms with Gasteiger partial charge in [-0.3, -0.25) is 0 Å². The van der Waals surface area contributed by atoms with Gasteiger partial charge in [-0.25, -0.2) is 0 Å². The predicted octanol–water partition coefficient (Wildman–Crippen LogP) is -16.3. The molecule has 36 nitrogen and oxygen atoms in total. The fourth-order valence-electron chi connectivity index (χ4n) is 9.37. The molecule has 0 amide bonds. The van der Waals surface area contributed by atoms with E-state index in [9.17, 15) is 117 Å². The van der Waals surface area contributed by atoms with E-state index in [1.54, 1.807) is 0 Å². The third kappa shape index (κ3) is 13.9. The van der Waals surface area contributed by atoms with Gasteiger partial charge in [-0.05, 0) is 0 Å². The molecular weight excluding hydrogens is 1080 g/mol. The molecule has 0 radical (unpaired) electrons. The van der Waals surface area contributed by atoms with Crippen LogP contribution in [-0.4, -0.2) is 379 Å². The molecule has 36 heteroatoms. The Hall–Kier alpha value is -1.44. The zero-order valence-electron chi connectivity index (χ0n) is 40.8. The first-order chi connectivity index (χ1) is 36.8. The maximum Gasteiger partial charge on any atom is 0.186 e. The minimum Gasteiger partial charge on any atom is -0.394 e. The minimum absolute atomic E-state index is 0.708. The number of ether oxygens (including phenoxy) is 13. The van der Waals surface area contributed by atoms with Crippen molar-refractivity contribution < 1.29 is 179 Å². The molecule has 7 saturated heterocycles. The van der Waals surface area contributed by atoms with Crippen LogP contribution in [0.2, 0.25) is 0 Å². The second kappa shape index (κ2) is 27.5. The summed E-state index contributed by atoms with van der Waals surface area (Å²) in [7, 11) is 0. The van der Waals surface area contributed by atoms with Crippen molar-refractivity contribution >= 4 is 0 Å². The SMILES string of the molecule is OC[C@H]1O[C@H](OC[C@H]2O[C@H](OC[C@H]3O[C@H](OC[C@H]4O[C@H](OC[C@H]5O[C@H](OC[C@H]6O[C@H](OC[C@H]7OC(O)[C@H](O)[C@@H](O)[C@@H]7O)[C@H](O)[C@@H](O)[C@@H]6O)[C@H](O)[C@@H](O)[C@@H]5O)[C@H](O)[C@@H](O)[C@@H]4O)[C@H](O)[C@@H](O)[C@@H]3O)[C@H](O)[C@@H](O)[C@@H]2O)[C@H](O)[C@@H](O)[C@@H]1O. The molecule has 7 aliphatic heterocycles. The molecule has 35 atom stereocenters. The Bertz CT molecular complexity index is 1820. The smallest absolute Gasteiger partial charge is 0.186 e. The molecule has 0 aliphatic carbocycles. The molecule has 7 fully saturated rings. The van der Waals surface area contributed by atoms with Crippen molar-refractivity contribution in [3.8, 4) is 0 Å². The Morgan fingerprint density at radius 3 is 0.564 bits per heavy atom. The molecule has 456 valence electrons. The lowest BCUT2D eigenvalue weighted by Crippen LogP contribution is -2.63. The molecular formula is C42H72O36. The van der Waals surface area contributed by atoms with E-state index in [0.717, 1.165) is 0 Å². The molecule has 0 spiro atoms. The number of aliphatic hydroxyl groups is 23. The topological polar surface area (TPSA) is 585 Å². The van der Waals surface area contributed by atoms with Gasteiger partial charge >= 0.3 is 0 Å². The summed E-state index contributed by atoms with van der Waals surface area (Å²) in [6.07, 6.45) is -64.5. The van der Waals surface area contributed by atoms with Crippen molar-refractivity contribution in [2.75, 3.05) is 46.2 Å². The summed E-state index contributed by atoms with van der Waals surface area (Å²) < 4.78 is 71.0. The van der Waals surface area contributed by atoms with Crippen LogP contribution in [0.1, 0.15) is 0 Å². The van der Waals surface area contributed by atoms with Gasteiger partial charge in [0.15, 0.2) is 44.0 Å². The summed E-state index contributed by atoms with van der Waals surface area (Å²) in [5.74, 6) is 0. The molecule has 0 aromatic carbocycles. The van der Waals surface area contributed by atoms with Crippen LogP contribution < -0.4 is 0 Å². The normalized spacial score (nSPS) is 53.5. The van der Waals surface area contributed by atoms with Gasteiger partial charge in [0.25, 0.3) is 0 Å². The van der Waals surface area contributed by atoms with E-state index in [1.807, 2.05) is 0 Å². The summed E-state index contributed by atoms with van der Waals surface area (Å²) in [5.41, 5.74) is 0. The Balaban J connectivity index is 0.899. The Morgan fingerprint density at radius 1 is 0.192 bits per heavy atom. The summed E-state index contributed by atoms with van der Waals surface area (Å²) in [6.45, 7) is -5.47. The lowest BCUT2D eigenvalue weighted by atomic mass is 9.97.